The Balaban J connectivity index is 4.03. The van der Waals surface area contributed by atoms with E-state index < -0.39 is 5.41 Å². The molecule has 4 nitrogen and oxygen atoms in total. The molecule has 0 fully saturated rings. The number of nitrogens with one attached hydrogen (secondary N) is 2. The first-order valence-corrected chi connectivity index (χ1v) is 5.76. The fourth-order valence-corrected chi connectivity index (χ4v) is 0.892. The molecule has 0 spiro atoms. The number of rotatable bonds is 7. The summed E-state index contributed by atoms with van der Waals surface area (Å²) >= 11 is 5.51. The zero-order valence-corrected chi connectivity index (χ0v) is 11.1. The summed E-state index contributed by atoms with van der Waals surface area (Å²) in [6.45, 7) is 8.43. The van der Waals surface area contributed by atoms with E-state index in [0.29, 0.717) is 19.1 Å². The van der Waals surface area contributed by atoms with Crippen molar-refractivity contribution in [2.24, 2.45) is 5.41 Å². The van der Waals surface area contributed by atoms with E-state index in [1.807, 2.05) is 33.8 Å². The van der Waals surface area contributed by atoms with E-state index in [4.69, 9.17) is 26.6 Å². The molecule has 0 aliphatic carbocycles. The summed E-state index contributed by atoms with van der Waals surface area (Å²) in [6.07, 6.45) is 1.82. The van der Waals surface area contributed by atoms with Gasteiger partial charge in [-0.1, -0.05) is 13.8 Å². The van der Waals surface area contributed by atoms with E-state index >= 15 is 0 Å². The minimum Gasteiger partial charge on any atom is -0.386 e. The predicted octanol–water partition coefficient (Wildman–Crippen LogP) is 2.69. The van der Waals surface area contributed by atoms with E-state index in [-0.39, 0.29) is 5.84 Å². The van der Waals surface area contributed by atoms with Crippen LogP contribution in [0.25, 0.3) is 0 Å². The van der Waals surface area contributed by atoms with Crippen LogP contribution in [0.5, 0.6) is 0 Å². The first kappa shape index (κ1) is 15.3. The molecule has 0 radical (unpaired) electrons. The van der Waals surface area contributed by atoms with Gasteiger partial charge in [0.2, 0.25) is 0 Å². The first-order chi connectivity index (χ1) is 7.44. The highest BCUT2D eigenvalue weighted by atomic mass is 35.5. The zero-order chi connectivity index (χ0) is 12.6. The van der Waals surface area contributed by atoms with Crippen LogP contribution in [-0.2, 0) is 9.57 Å². The van der Waals surface area contributed by atoms with Gasteiger partial charge in [-0.05, 0) is 19.9 Å². The fraction of sp³-hybridized carbons (Fsp3) is 0.727. The molecule has 0 aromatic carbocycles. The van der Waals surface area contributed by atoms with Crippen LogP contribution in [0.15, 0.2) is 11.8 Å². The highest BCUT2D eigenvalue weighted by Gasteiger charge is 2.24. The van der Waals surface area contributed by atoms with Crippen LogP contribution < -0.4 is 5.48 Å². The Kier molecular flexibility index (Phi) is 7.17. The highest BCUT2D eigenvalue weighted by Crippen LogP contribution is 2.16. The number of hydrogen-bond acceptors (Lipinski definition) is 3. The Morgan fingerprint density at radius 3 is 2.62 bits per heavy atom. The fourth-order valence-electron chi connectivity index (χ4n) is 0.783. The van der Waals surface area contributed by atoms with Gasteiger partial charge in [0.25, 0.3) is 0 Å². The predicted molar refractivity (Wildman–Crippen MR) is 66.7 cm³/mol. The van der Waals surface area contributed by atoms with Gasteiger partial charge in [0.05, 0.1) is 13.2 Å². The van der Waals surface area contributed by atoms with E-state index in [0.717, 1.165) is 5.76 Å². The van der Waals surface area contributed by atoms with Gasteiger partial charge in [0, 0.05) is 11.3 Å². The van der Waals surface area contributed by atoms with Crippen molar-refractivity contribution < 1.29 is 9.57 Å². The summed E-state index contributed by atoms with van der Waals surface area (Å²) in [4.78, 5) is 5.15. The number of alkyl halides is 1. The molecule has 0 rings (SSSR count). The third-order valence-electron chi connectivity index (χ3n) is 2.08. The number of halogens is 1. The van der Waals surface area contributed by atoms with Gasteiger partial charge in [0.15, 0.2) is 0 Å². The average Bonchev–Trinajstić information content (AvgIpc) is 2.25. The van der Waals surface area contributed by atoms with E-state index in [1.165, 1.54) is 0 Å². The molecule has 2 N–H and O–H groups in total. The van der Waals surface area contributed by atoms with Crippen LogP contribution in [0.4, 0.5) is 0 Å². The lowest BCUT2D eigenvalue weighted by atomic mass is 9.93. The Bertz CT molecular complexity index is 252. The molecule has 0 aromatic heterocycles. The van der Waals surface area contributed by atoms with Crippen LogP contribution in [0.1, 0.15) is 27.7 Å². The molecule has 0 amide bonds. The third-order valence-corrected chi connectivity index (χ3v) is 2.24. The second-order valence-electron chi connectivity index (χ2n) is 4.10. The van der Waals surface area contributed by atoms with Crippen molar-refractivity contribution >= 4 is 17.4 Å². The standard InChI is InChI=1S/C11H21ClN2O2/c1-5-9(2)16-14-10(13)11(3,4)8-15-7-6-12/h5H,6-8H2,1-4H3,(H2,13,14)/b9-5+. The van der Waals surface area contributed by atoms with Gasteiger partial charge < -0.3 is 9.57 Å². The van der Waals surface area contributed by atoms with E-state index in [1.54, 1.807) is 0 Å². The van der Waals surface area contributed by atoms with Gasteiger partial charge in [-0.3, -0.25) is 5.41 Å². The van der Waals surface area contributed by atoms with Gasteiger partial charge in [-0.15, -0.1) is 11.6 Å². The molecule has 0 aromatic rings. The van der Waals surface area contributed by atoms with Crippen LogP contribution in [-0.4, -0.2) is 24.9 Å². The maximum atomic E-state index is 7.82. The van der Waals surface area contributed by atoms with Crippen molar-refractivity contribution in [2.45, 2.75) is 27.7 Å². The lowest BCUT2D eigenvalue weighted by Crippen LogP contribution is -2.39. The van der Waals surface area contributed by atoms with Crippen molar-refractivity contribution in [3.8, 4) is 0 Å². The average molecular weight is 249 g/mol. The summed E-state index contributed by atoms with van der Waals surface area (Å²) in [7, 11) is 0. The molecular weight excluding hydrogens is 228 g/mol. The maximum absolute atomic E-state index is 7.82. The van der Waals surface area contributed by atoms with Crippen LogP contribution >= 0.6 is 11.6 Å². The van der Waals surface area contributed by atoms with Gasteiger partial charge >= 0.3 is 0 Å². The second-order valence-corrected chi connectivity index (χ2v) is 4.48. The van der Waals surface area contributed by atoms with Crippen LogP contribution in [0.3, 0.4) is 0 Å². The van der Waals surface area contributed by atoms with E-state index in [2.05, 4.69) is 5.48 Å². The Morgan fingerprint density at radius 1 is 1.50 bits per heavy atom. The minimum atomic E-state index is -0.417. The Morgan fingerprint density at radius 2 is 2.12 bits per heavy atom. The van der Waals surface area contributed by atoms with Crippen molar-refractivity contribution in [2.75, 3.05) is 19.1 Å². The Hall–Kier alpha value is -0.740. The lowest BCUT2D eigenvalue weighted by molar-refractivity contribution is 0.0883. The molecule has 5 heteroatoms. The van der Waals surface area contributed by atoms with Gasteiger partial charge in [-0.2, -0.15) is 0 Å². The number of allylic oxidation sites excluding steroid dienone is 2. The Labute approximate surface area is 102 Å². The molecule has 0 aliphatic rings. The first-order valence-electron chi connectivity index (χ1n) is 5.22. The molecular formula is C11H21ClN2O2. The smallest absolute Gasteiger partial charge is 0.137 e. The summed E-state index contributed by atoms with van der Waals surface area (Å²) in [5.74, 6) is 1.47. The molecule has 94 valence electrons. The number of hydroxylamine groups is 1. The number of ether oxygens (including phenoxy) is 1. The normalized spacial score (nSPS) is 12.4. The molecule has 0 heterocycles. The molecule has 0 saturated carbocycles. The van der Waals surface area contributed by atoms with Gasteiger partial charge in [-0.25, -0.2) is 5.48 Å². The summed E-state index contributed by atoms with van der Waals surface area (Å²) in [5.41, 5.74) is 2.19. The summed E-state index contributed by atoms with van der Waals surface area (Å²) in [5, 5.41) is 7.82. The monoisotopic (exact) mass is 248 g/mol. The van der Waals surface area contributed by atoms with Crippen LogP contribution in [0, 0.1) is 10.8 Å². The zero-order valence-electron chi connectivity index (χ0n) is 10.4. The summed E-state index contributed by atoms with van der Waals surface area (Å²) < 4.78 is 5.32. The quantitative estimate of drug-likeness (QED) is 0.182. The molecule has 16 heavy (non-hydrogen) atoms. The topological polar surface area (TPSA) is 54.3 Å². The summed E-state index contributed by atoms with van der Waals surface area (Å²) in [6, 6.07) is 0. The molecule has 0 bridgehead atoms. The third kappa shape index (κ3) is 5.98. The van der Waals surface area contributed by atoms with Crippen molar-refractivity contribution in [1.82, 2.24) is 5.48 Å². The lowest BCUT2D eigenvalue weighted by Gasteiger charge is -2.25. The van der Waals surface area contributed by atoms with Gasteiger partial charge in [0.1, 0.15) is 11.6 Å². The SMILES string of the molecule is C/C=C(\C)ONC(=N)C(C)(C)COCCCl. The number of hydrogen-bond donors (Lipinski definition) is 2. The van der Waals surface area contributed by atoms with E-state index in [9.17, 15) is 0 Å². The molecule has 0 unspecified atom stereocenters. The largest absolute Gasteiger partial charge is 0.386 e. The highest BCUT2D eigenvalue weighted by molar-refractivity contribution is 6.17. The molecule has 0 aliphatic heterocycles. The maximum Gasteiger partial charge on any atom is 0.137 e. The number of amidine groups is 1. The van der Waals surface area contributed by atoms with Crippen LogP contribution in [0.2, 0.25) is 0 Å². The van der Waals surface area contributed by atoms with Crippen molar-refractivity contribution in [3.05, 3.63) is 11.8 Å². The van der Waals surface area contributed by atoms with Crippen molar-refractivity contribution in [1.29, 1.82) is 5.41 Å². The molecule has 0 atom stereocenters. The van der Waals surface area contributed by atoms with Crippen molar-refractivity contribution in [3.63, 3.8) is 0 Å². The molecule has 0 saturated heterocycles. The second kappa shape index (κ2) is 7.52. The minimum absolute atomic E-state index is 0.281.